The van der Waals surface area contributed by atoms with Crippen LogP contribution in [0.5, 0.6) is 5.75 Å². The molecule has 0 bridgehead atoms. The molecule has 9 nitrogen and oxygen atoms in total. The number of rotatable bonds is 6. The van der Waals surface area contributed by atoms with Crippen LogP contribution in [-0.4, -0.2) is 31.4 Å². The molecular weight excluding hydrogens is 346 g/mol. The van der Waals surface area contributed by atoms with E-state index < -0.39 is 5.91 Å². The van der Waals surface area contributed by atoms with Crippen LogP contribution in [-0.2, 0) is 6.54 Å². The van der Waals surface area contributed by atoms with E-state index in [2.05, 4.69) is 31.0 Å². The Balaban J connectivity index is 1.56. The largest absolute Gasteiger partial charge is 0.508 e. The van der Waals surface area contributed by atoms with Gasteiger partial charge in [-0.25, -0.2) is 0 Å². The summed E-state index contributed by atoms with van der Waals surface area (Å²) in [5.41, 5.74) is 8.39. The molecular formula is C18H17N7O2. The summed E-state index contributed by atoms with van der Waals surface area (Å²) in [5.74, 6) is 0.335. The number of hydrogen-bond donors (Lipinski definition) is 6. The lowest BCUT2D eigenvalue weighted by Crippen LogP contribution is -2.15. The van der Waals surface area contributed by atoms with Gasteiger partial charge in [-0.3, -0.25) is 15.0 Å². The number of nitrogens with zero attached hydrogens (tertiary/aromatic N) is 2. The van der Waals surface area contributed by atoms with Gasteiger partial charge in [0.1, 0.15) is 17.1 Å². The Morgan fingerprint density at radius 2 is 1.96 bits per heavy atom. The van der Waals surface area contributed by atoms with Crippen LogP contribution >= 0.6 is 0 Å². The van der Waals surface area contributed by atoms with Crippen molar-refractivity contribution in [1.82, 2.24) is 20.4 Å². The van der Waals surface area contributed by atoms with Gasteiger partial charge in [-0.05, 0) is 35.9 Å². The second-order valence-electron chi connectivity index (χ2n) is 6.00. The summed E-state index contributed by atoms with van der Waals surface area (Å²) >= 11 is 0. The van der Waals surface area contributed by atoms with Crippen molar-refractivity contribution in [3.8, 4) is 5.75 Å². The van der Waals surface area contributed by atoms with E-state index in [-0.39, 0.29) is 11.3 Å². The second kappa shape index (κ2) is 6.71. The number of amides is 1. The highest BCUT2D eigenvalue weighted by Crippen LogP contribution is 2.26. The van der Waals surface area contributed by atoms with E-state index >= 15 is 0 Å². The molecule has 4 rings (SSSR count). The predicted molar refractivity (Wildman–Crippen MR) is 102 cm³/mol. The SMILES string of the molecule is NC(=O)c1c(NCc2ccc(O)cc2)n[nH]c1Nc1ccc2[nH]ncc2c1. The van der Waals surface area contributed by atoms with E-state index in [1.807, 2.05) is 18.2 Å². The summed E-state index contributed by atoms with van der Waals surface area (Å²) in [6, 6.07) is 12.4. The molecule has 0 saturated heterocycles. The highest BCUT2D eigenvalue weighted by atomic mass is 16.3. The number of anilines is 3. The molecule has 0 radical (unpaired) electrons. The van der Waals surface area contributed by atoms with Crippen LogP contribution in [0.15, 0.2) is 48.7 Å². The number of primary amides is 1. The van der Waals surface area contributed by atoms with E-state index in [0.717, 1.165) is 22.2 Å². The Labute approximate surface area is 153 Å². The fourth-order valence-corrected chi connectivity index (χ4v) is 2.76. The van der Waals surface area contributed by atoms with Crippen LogP contribution in [0.2, 0.25) is 0 Å². The molecule has 9 heteroatoms. The minimum atomic E-state index is -0.608. The number of hydrogen-bond acceptors (Lipinski definition) is 6. The van der Waals surface area contributed by atoms with Gasteiger partial charge in [0.2, 0.25) is 0 Å². The third-order valence-corrected chi connectivity index (χ3v) is 4.12. The molecule has 0 unspecified atom stereocenters. The van der Waals surface area contributed by atoms with Crippen LogP contribution < -0.4 is 16.4 Å². The van der Waals surface area contributed by atoms with Crippen LogP contribution in [0.4, 0.5) is 17.3 Å². The second-order valence-corrected chi connectivity index (χ2v) is 6.00. The standard InChI is InChI=1S/C18H17N7O2/c19-16(27)15-17(20-8-10-1-4-13(26)5-2-10)24-25-18(15)22-12-3-6-14-11(7-12)9-21-23-14/h1-7,9,26H,8H2,(H2,19,27)(H,21,23)(H3,20,22,24,25). The predicted octanol–water partition coefficient (Wildman–Crippen LogP) is 2.45. The van der Waals surface area contributed by atoms with E-state index in [1.165, 1.54) is 0 Å². The molecule has 0 spiro atoms. The zero-order chi connectivity index (χ0) is 18.8. The van der Waals surface area contributed by atoms with Gasteiger partial charge in [0, 0.05) is 17.6 Å². The molecule has 1 amide bonds. The van der Waals surface area contributed by atoms with Crippen molar-refractivity contribution < 1.29 is 9.90 Å². The van der Waals surface area contributed by atoms with Crippen molar-refractivity contribution in [2.24, 2.45) is 5.73 Å². The van der Waals surface area contributed by atoms with Gasteiger partial charge in [0.05, 0.1) is 11.7 Å². The number of benzene rings is 2. The quantitative estimate of drug-likeness (QED) is 0.310. The number of carbonyl (C=O) groups is 1. The van der Waals surface area contributed by atoms with Crippen molar-refractivity contribution in [1.29, 1.82) is 0 Å². The van der Waals surface area contributed by atoms with Crippen molar-refractivity contribution in [3.05, 3.63) is 59.8 Å². The molecule has 2 aromatic heterocycles. The third-order valence-electron chi connectivity index (χ3n) is 4.12. The maximum absolute atomic E-state index is 12.0. The smallest absolute Gasteiger partial charge is 0.256 e. The van der Waals surface area contributed by atoms with Gasteiger partial charge < -0.3 is 21.5 Å². The monoisotopic (exact) mass is 363 g/mol. The molecule has 7 N–H and O–H groups in total. The van der Waals surface area contributed by atoms with Crippen molar-refractivity contribution in [2.45, 2.75) is 6.54 Å². The average Bonchev–Trinajstić information content (AvgIpc) is 3.27. The summed E-state index contributed by atoms with van der Waals surface area (Å²) in [7, 11) is 0. The lowest BCUT2D eigenvalue weighted by Gasteiger charge is -2.08. The Bertz CT molecular complexity index is 1100. The van der Waals surface area contributed by atoms with Gasteiger partial charge in [-0.2, -0.15) is 10.2 Å². The number of fused-ring (bicyclic) bond motifs is 1. The fourth-order valence-electron chi connectivity index (χ4n) is 2.76. The topological polar surface area (TPSA) is 145 Å². The fraction of sp³-hybridized carbons (Fsp3) is 0.0556. The first kappa shape index (κ1) is 16.5. The molecule has 2 heterocycles. The first-order valence-electron chi connectivity index (χ1n) is 8.20. The number of phenols is 1. The molecule has 136 valence electrons. The Morgan fingerprint density at radius 1 is 1.15 bits per heavy atom. The van der Waals surface area contributed by atoms with E-state index in [9.17, 15) is 9.90 Å². The number of aromatic nitrogens is 4. The van der Waals surface area contributed by atoms with Crippen LogP contribution in [0.3, 0.4) is 0 Å². The molecule has 0 fully saturated rings. The maximum atomic E-state index is 12.0. The first-order valence-corrected chi connectivity index (χ1v) is 8.20. The zero-order valence-electron chi connectivity index (χ0n) is 14.2. The summed E-state index contributed by atoms with van der Waals surface area (Å²) in [6.07, 6.45) is 1.72. The van der Waals surface area contributed by atoms with Crippen molar-refractivity contribution >= 4 is 34.1 Å². The van der Waals surface area contributed by atoms with Gasteiger partial charge >= 0.3 is 0 Å². The number of aromatic hydroxyl groups is 1. The Morgan fingerprint density at radius 3 is 2.74 bits per heavy atom. The van der Waals surface area contributed by atoms with Crippen LogP contribution in [0, 0.1) is 0 Å². The summed E-state index contributed by atoms with van der Waals surface area (Å²) in [6.45, 7) is 0.422. The molecule has 0 saturated carbocycles. The Hall–Kier alpha value is -4.01. The van der Waals surface area contributed by atoms with E-state index in [1.54, 1.807) is 30.5 Å². The minimum absolute atomic E-state index is 0.192. The number of nitrogens with two attached hydrogens (primary N) is 1. The molecule has 0 atom stereocenters. The van der Waals surface area contributed by atoms with Gasteiger partial charge in [-0.1, -0.05) is 12.1 Å². The highest BCUT2D eigenvalue weighted by molar-refractivity contribution is 6.03. The maximum Gasteiger partial charge on any atom is 0.256 e. The number of nitrogens with one attached hydrogen (secondary N) is 4. The summed E-state index contributed by atoms with van der Waals surface area (Å²) in [4.78, 5) is 12.0. The summed E-state index contributed by atoms with van der Waals surface area (Å²) < 4.78 is 0. The average molecular weight is 363 g/mol. The van der Waals surface area contributed by atoms with Gasteiger partial charge in [0.25, 0.3) is 5.91 Å². The Kier molecular flexibility index (Phi) is 4.09. The lowest BCUT2D eigenvalue weighted by molar-refractivity contribution is 0.100. The van der Waals surface area contributed by atoms with Crippen LogP contribution in [0.25, 0.3) is 10.9 Å². The van der Waals surface area contributed by atoms with Gasteiger partial charge in [0.15, 0.2) is 5.82 Å². The molecule has 0 aliphatic rings. The zero-order valence-corrected chi connectivity index (χ0v) is 14.2. The summed E-state index contributed by atoms with van der Waals surface area (Å²) in [5, 5.41) is 30.3. The highest BCUT2D eigenvalue weighted by Gasteiger charge is 2.18. The van der Waals surface area contributed by atoms with Crippen LogP contribution in [0.1, 0.15) is 15.9 Å². The lowest BCUT2D eigenvalue weighted by atomic mass is 10.2. The number of aromatic amines is 2. The molecule has 0 aliphatic heterocycles. The normalized spacial score (nSPS) is 10.8. The number of carbonyl (C=O) groups excluding carboxylic acids is 1. The first-order chi connectivity index (χ1) is 13.1. The van der Waals surface area contributed by atoms with Gasteiger partial charge in [-0.15, -0.1) is 0 Å². The molecule has 0 aliphatic carbocycles. The number of phenolic OH excluding ortho intramolecular Hbond substituents is 1. The van der Waals surface area contributed by atoms with E-state index in [4.69, 9.17) is 5.73 Å². The molecule has 27 heavy (non-hydrogen) atoms. The van der Waals surface area contributed by atoms with Crippen molar-refractivity contribution in [2.75, 3.05) is 10.6 Å². The number of H-pyrrole nitrogens is 2. The molecule has 2 aromatic carbocycles. The third kappa shape index (κ3) is 3.38. The minimum Gasteiger partial charge on any atom is -0.508 e. The van der Waals surface area contributed by atoms with E-state index in [0.29, 0.717) is 18.2 Å². The molecule has 4 aromatic rings. The van der Waals surface area contributed by atoms with Crippen molar-refractivity contribution in [3.63, 3.8) is 0 Å².